The van der Waals surface area contributed by atoms with Crippen molar-refractivity contribution in [3.63, 3.8) is 0 Å². The van der Waals surface area contributed by atoms with Crippen LogP contribution in [0.1, 0.15) is 11.4 Å². The Morgan fingerprint density at radius 2 is 2.35 bits per heavy atom. The van der Waals surface area contributed by atoms with E-state index in [1.807, 2.05) is 10.6 Å². The number of imidazole rings is 1. The van der Waals surface area contributed by atoms with Crippen LogP contribution in [-0.4, -0.2) is 28.1 Å². The highest BCUT2D eigenvalue weighted by Crippen LogP contribution is 2.20. The summed E-state index contributed by atoms with van der Waals surface area (Å²) in [6.45, 7) is 0.563. The molecule has 0 saturated carbocycles. The first-order valence-electron chi connectivity index (χ1n) is 6.03. The van der Waals surface area contributed by atoms with Crippen molar-refractivity contribution in [3.8, 4) is 6.07 Å². The summed E-state index contributed by atoms with van der Waals surface area (Å²) in [6.07, 6.45) is -0.247. The van der Waals surface area contributed by atoms with Crippen LogP contribution in [0, 0.1) is 11.3 Å². The lowest BCUT2D eigenvalue weighted by atomic mass is 10.2. The number of alkyl halides is 1. The number of aromatic nitrogens is 2. The van der Waals surface area contributed by atoms with Gasteiger partial charge in [0.1, 0.15) is 24.0 Å². The van der Waals surface area contributed by atoms with E-state index in [9.17, 15) is 4.79 Å². The van der Waals surface area contributed by atoms with Crippen LogP contribution in [0.3, 0.4) is 0 Å². The highest BCUT2D eigenvalue weighted by molar-refractivity contribution is 6.17. The van der Waals surface area contributed by atoms with E-state index < -0.39 is 6.09 Å². The van der Waals surface area contributed by atoms with E-state index in [2.05, 4.69) is 11.1 Å². The number of halogens is 1. The second-order valence-corrected chi connectivity index (χ2v) is 4.45. The van der Waals surface area contributed by atoms with Crippen molar-refractivity contribution in [1.29, 1.82) is 5.26 Å². The van der Waals surface area contributed by atoms with Gasteiger partial charge in [0.25, 0.3) is 0 Å². The van der Waals surface area contributed by atoms with E-state index in [0.29, 0.717) is 29.9 Å². The van der Waals surface area contributed by atoms with Gasteiger partial charge in [-0.25, -0.2) is 9.78 Å². The second-order valence-electron chi connectivity index (χ2n) is 4.07. The normalized spacial score (nSPS) is 10.4. The van der Waals surface area contributed by atoms with Crippen LogP contribution in [0.15, 0.2) is 18.2 Å². The summed E-state index contributed by atoms with van der Waals surface area (Å²) in [5.41, 5.74) is 6.89. The molecule has 2 N–H and O–H groups in total. The fraction of sp³-hybridized carbons (Fsp3) is 0.308. The Bertz CT molecular complexity index is 675. The zero-order chi connectivity index (χ0) is 14.5. The molecular formula is C13H13ClN4O2. The molecule has 0 saturated heterocycles. The highest BCUT2D eigenvalue weighted by Gasteiger charge is 2.13. The Morgan fingerprint density at radius 1 is 1.55 bits per heavy atom. The number of hydrogen-bond acceptors (Lipinski definition) is 4. The number of nitrogens with zero attached hydrogens (tertiary/aromatic N) is 3. The highest BCUT2D eigenvalue weighted by atomic mass is 35.5. The molecule has 2 aromatic rings. The maximum Gasteiger partial charge on any atom is 0.404 e. The predicted molar refractivity (Wildman–Crippen MR) is 74.4 cm³/mol. The van der Waals surface area contributed by atoms with E-state index in [0.717, 1.165) is 11.3 Å². The van der Waals surface area contributed by atoms with Gasteiger partial charge in [0.2, 0.25) is 0 Å². The molecule has 0 aliphatic rings. The quantitative estimate of drug-likeness (QED) is 0.850. The number of primary amides is 1. The van der Waals surface area contributed by atoms with Crippen molar-refractivity contribution in [2.75, 3.05) is 12.5 Å². The van der Waals surface area contributed by atoms with Gasteiger partial charge in [-0.05, 0) is 12.1 Å². The molecule has 0 aliphatic heterocycles. The van der Waals surface area contributed by atoms with E-state index in [1.54, 1.807) is 12.1 Å². The van der Waals surface area contributed by atoms with E-state index in [-0.39, 0.29) is 6.61 Å². The molecular weight excluding hydrogens is 280 g/mol. The number of nitrogens with two attached hydrogens (primary N) is 1. The Hall–Kier alpha value is -2.26. The molecule has 20 heavy (non-hydrogen) atoms. The second kappa shape index (κ2) is 6.26. The minimum Gasteiger partial charge on any atom is -0.448 e. The fourth-order valence-electron chi connectivity index (χ4n) is 2.05. The third-order valence-electron chi connectivity index (χ3n) is 2.86. The number of para-hydroxylation sites is 1. The molecule has 0 spiro atoms. The Balaban J connectivity index is 2.41. The largest absolute Gasteiger partial charge is 0.448 e. The van der Waals surface area contributed by atoms with Crippen LogP contribution in [-0.2, 0) is 17.7 Å². The van der Waals surface area contributed by atoms with Crippen LogP contribution < -0.4 is 5.73 Å². The molecule has 1 aromatic heterocycles. The summed E-state index contributed by atoms with van der Waals surface area (Å²) in [4.78, 5) is 15.1. The van der Waals surface area contributed by atoms with E-state index >= 15 is 0 Å². The maximum atomic E-state index is 10.6. The van der Waals surface area contributed by atoms with Crippen molar-refractivity contribution in [2.24, 2.45) is 5.73 Å². The fourth-order valence-corrected chi connectivity index (χ4v) is 2.22. The summed E-state index contributed by atoms with van der Waals surface area (Å²) >= 11 is 5.77. The molecule has 6 nitrogen and oxygen atoms in total. The monoisotopic (exact) mass is 292 g/mol. The molecule has 7 heteroatoms. The van der Waals surface area contributed by atoms with Crippen molar-refractivity contribution in [2.45, 2.75) is 13.0 Å². The zero-order valence-corrected chi connectivity index (χ0v) is 11.4. The van der Waals surface area contributed by atoms with Crippen molar-refractivity contribution < 1.29 is 9.53 Å². The standard InChI is InChI=1S/C13H13ClN4O2/c14-5-4-11-17-12-9(8-15)2-1-3-10(12)18(11)6-7-20-13(16)19/h1-3H,4-7H2,(H2,16,19). The van der Waals surface area contributed by atoms with Crippen molar-refractivity contribution >= 4 is 28.7 Å². The summed E-state index contributed by atoms with van der Waals surface area (Å²) in [5.74, 6) is 1.17. The summed E-state index contributed by atoms with van der Waals surface area (Å²) in [6, 6.07) is 7.48. The summed E-state index contributed by atoms with van der Waals surface area (Å²) in [7, 11) is 0. The van der Waals surface area contributed by atoms with Gasteiger partial charge < -0.3 is 15.0 Å². The first-order valence-corrected chi connectivity index (χ1v) is 6.57. The van der Waals surface area contributed by atoms with Gasteiger partial charge in [-0.3, -0.25) is 0 Å². The number of hydrogen-bond donors (Lipinski definition) is 1. The maximum absolute atomic E-state index is 10.6. The number of nitriles is 1. The van der Waals surface area contributed by atoms with Crippen molar-refractivity contribution in [3.05, 3.63) is 29.6 Å². The number of benzene rings is 1. The molecule has 1 amide bonds. The Kier molecular flexibility index (Phi) is 4.43. The molecule has 0 radical (unpaired) electrons. The molecule has 0 aliphatic carbocycles. The van der Waals surface area contributed by atoms with Crippen LogP contribution in [0.4, 0.5) is 4.79 Å². The third-order valence-corrected chi connectivity index (χ3v) is 3.04. The van der Waals surface area contributed by atoms with Crippen LogP contribution in [0.25, 0.3) is 11.0 Å². The van der Waals surface area contributed by atoms with Gasteiger partial charge in [0, 0.05) is 12.3 Å². The Labute approximate surface area is 120 Å². The lowest BCUT2D eigenvalue weighted by molar-refractivity contribution is 0.152. The molecule has 2 rings (SSSR count). The third kappa shape index (κ3) is 2.83. The van der Waals surface area contributed by atoms with E-state index in [4.69, 9.17) is 27.3 Å². The summed E-state index contributed by atoms with van der Waals surface area (Å²) < 4.78 is 6.64. The zero-order valence-electron chi connectivity index (χ0n) is 10.7. The predicted octanol–water partition coefficient (Wildman–Crippen LogP) is 1.78. The van der Waals surface area contributed by atoms with E-state index in [1.165, 1.54) is 0 Å². The number of amides is 1. The lowest BCUT2D eigenvalue weighted by Gasteiger charge is -2.08. The molecule has 0 unspecified atom stereocenters. The topological polar surface area (TPSA) is 93.9 Å². The first kappa shape index (κ1) is 14.2. The van der Waals surface area contributed by atoms with Gasteiger partial charge in [0.05, 0.1) is 17.6 Å². The molecule has 0 fully saturated rings. The Morgan fingerprint density at radius 3 is 3.00 bits per heavy atom. The smallest absolute Gasteiger partial charge is 0.404 e. The molecule has 0 atom stereocenters. The average Bonchev–Trinajstić information content (AvgIpc) is 2.77. The minimum absolute atomic E-state index is 0.146. The van der Waals surface area contributed by atoms with Crippen molar-refractivity contribution in [1.82, 2.24) is 9.55 Å². The number of fused-ring (bicyclic) bond motifs is 1. The lowest BCUT2D eigenvalue weighted by Crippen LogP contribution is -2.17. The molecule has 104 valence electrons. The number of carbonyl (C=O) groups excluding carboxylic acids is 1. The van der Waals surface area contributed by atoms with Crippen LogP contribution in [0.5, 0.6) is 0 Å². The number of aryl methyl sites for hydroxylation is 1. The molecule has 1 aromatic carbocycles. The van der Waals surface area contributed by atoms with Crippen LogP contribution >= 0.6 is 11.6 Å². The molecule has 0 bridgehead atoms. The van der Waals surface area contributed by atoms with Gasteiger partial charge in [-0.1, -0.05) is 6.07 Å². The van der Waals surface area contributed by atoms with Gasteiger partial charge in [0.15, 0.2) is 0 Å². The molecule has 1 heterocycles. The van der Waals surface area contributed by atoms with Gasteiger partial charge in [-0.2, -0.15) is 5.26 Å². The number of ether oxygens (including phenoxy) is 1. The first-order chi connectivity index (χ1) is 9.67. The number of carbonyl (C=O) groups is 1. The van der Waals surface area contributed by atoms with Gasteiger partial charge >= 0.3 is 6.09 Å². The minimum atomic E-state index is -0.814. The average molecular weight is 293 g/mol. The van der Waals surface area contributed by atoms with Crippen LogP contribution in [0.2, 0.25) is 0 Å². The summed E-state index contributed by atoms with van der Waals surface area (Å²) in [5, 5.41) is 9.10. The SMILES string of the molecule is N#Cc1cccc2c1nc(CCCl)n2CCOC(N)=O. The number of rotatable bonds is 5. The van der Waals surface area contributed by atoms with Gasteiger partial charge in [-0.15, -0.1) is 11.6 Å².